The third kappa shape index (κ3) is 4.00. The molecule has 0 N–H and O–H groups in total. The molecule has 0 aromatic heterocycles. The van der Waals surface area contributed by atoms with Crippen LogP contribution < -0.4 is 9.47 Å². The lowest BCUT2D eigenvalue weighted by Gasteiger charge is -2.21. The second-order valence-corrected chi connectivity index (χ2v) is 6.13. The predicted molar refractivity (Wildman–Crippen MR) is 91.3 cm³/mol. The Morgan fingerprint density at radius 2 is 1.71 bits per heavy atom. The number of ether oxygens (including phenoxy) is 2. The molecule has 0 saturated carbocycles. The molecule has 7 nitrogen and oxygen atoms in total. The predicted octanol–water partition coefficient (Wildman–Crippen LogP) is 3.66. The fourth-order valence-electron chi connectivity index (χ4n) is 2.75. The number of nitrogens with zero attached hydrogens (tertiary/aromatic N) is 2. The molecule has 148 valence electrons. The molecule has 0 radical (unpaired) electrons. The molecule has 10 heteroatoms. The standard InChI is InChI=1S/C18H15F3N2O5/c1-22(10-11-2-4-12(5-3-11)18(19,20)21)17(24)13-8-15-16(28-7-6-27-15)9-14(13)23(25)26/h2-5,8-9H,6-7,10H2,1H3. The van der Waals surface area contributed by atoms with Gasteiger partial charge in [0.2, 0.25) is 0 Å². The van der Waals surface area contributed by atoms with Crippen molar-refractivity contribution in [1.82, 2.24) is 4.90 Å². The van der Waals surface area contributed by atoms with E-state index in [1.807, 2.05) is 0 Å². The molecule has 1 aliphatic heterocycles. The number of hydrogen-bond donors (Lipinski definition) is 0. The third-order valence-electron chi connectivity index (χ3n) is 4.14. The average Bonchev–Trinajstić information content (AvgIpc) is 2.66. The Labute approximate surface area is 157 Å². The topological polar surface area (TPSA) is 81.9 Å². The maximum atomic E-state index is 12.7. The van der Waals surface area contributed by atoms with Crippen molar-refractivity contribution in [1.29, 1.82) is 0 Å². The number of carbonyl (C=O) groups excluding carboxylic acids is 1. The second-order valence-electron chi connectivity index (χ2n) is 6.13. The highest BCUT2D eigenvalue weighted by atomic mass is 19.4. The summed E-state index contributed by atoms with van der Waals surface area (Å²) in [7, 11) is 1.40. The van der Waals surface area contributed by atoms with Crippen LogP contribution in [-0.2, 0) is 12.7 Å². The van der Waals surface area contributed by atoms with Gasteiger partial charge in [0.25, 0.3) is 11.6 Å². The minimum atomic E-state index is -4.45. The van der Waals surface area contributed by atoms with Crippen molar-refractivity contribution in [3.8, 4) is 11.5 Å². The van der Waals surface area contributed by atoms with Crippen LogP contribution in [0.3, 0.4) is 0 Å². The molecule has 0 aliphatic carbocycles. The number of amides is 1. The van der Waals surface area contributed by atoms with Crippen molar-refractivity contribution in [3.05, 3.63) is 63.2 Å². The number of carbonyl (C=O) groups is 1. The lowest BCUT2D eigenvalue weighted by molar-refractivity contribution is -0.385. The van der Waals surface area contributed by atoms with E-state index in [-0.39, 0.29) is 36.8 Å². The van der Waals surface area contributed by atoms with Gasteiger partial charge in [-0.2, -0.15) is 13.2 Å². The summed E-state index contributed by atoms with van der Waals surface area (Å²) >= 11 is 0. The van der Waals surface area contributed by atoms with Gasteiger partial charge < -0.3 is 14.4 Å². The van der Waals surface area contributed by atoms with E-state index in [1.54, 1.807) is 0 Å². The van der Waals surface area contributed by atoms with Crippen LogP contribution in [0.1, 0.15) is 21.5 Å². The van der Waals surface area contributed by atoms with Gasteiger partial charge in [-0.1, -0.05) is 12.1 Å². The first-order valence-corrected chi connectivity index (χ1v) is 8.16. The van der Waals surface area contributed by atoms with Gasteiger partial charge in [-0.15, -0.1) is 0 Å². The van der Waals surface area contributed by atoms with Crippen molar-refractivity contribution in [2.24, 2.45) is 0 Å². The van der Waals surface area contributed by atoms with E-state index in [4.69, 9.17) is 9.47 Å². The van der Waals surface area contributed by atoms with Gasteiger partial charge in [0, 0.05) is 19.7 Å². The van der Waals surface area contributed by atoms with E-state index in [2.05, 4.69) is 0 Å². The van der Waals surface area contributed by atoms with Crippen LogP contribution in [0.15, 0.2) is 36.4 Å². The number of fused-ring (bicyclic) bond motifs is 1. The number of alkyl halides is 3. The molecule has 2 aromatic carbocycles. The Hall–Kier alpha value is -3.30. The minimum absolute atomic E-state index is 0.0252. The highest BCUT2D eigenvalue weighted by molar-refractivity contribution is 5.99. The zero-order valence-corrected chi connectivity index (χ0v) is 14.7. The number of rotatable bonds is 4. The monoisotopic (exact) mass is 396 g/mol. The number of halogens is 3. The normalized spacial score (nSPS) is 13.1. The zero-order chi connectivity index (χ0) is 20.5. The van der Waals surface area contributed by atoms with Crippen LogP contribution in [-0.4, -0.2) is 36.0 Å². The summed E-state index contributed by atoms with van der Waals surface area (Å²) in [6.07, 6.45) is -4.45. The molecule has 0 atom stereocenters. The Morgan fingerprint density at radius 1 is 1.14 bits per heavy atom. The van der Waals surface area contributed by atoms with Crippen molar-refractivity contribution in [2.45, 2.75) is 12.7 Å². The Bertz CT molecular complexity index is 913. The summed E-state index contributed by atoms with van der Waals surface area (Å²) in [5.74, 6) is -0.258. The van der Waals surface area contributed by atoms with Crippen molar-refractivity contribution >= 4 is 11.6 Å². The maximum Gasteiger partial charge on any atom is 0.416 e. The average molecular weight is 396 g/mol. The van der Waals surface area contributed by atoms with Gasteiger partial charge in [-0.05, 0) is 17.7 Å². The van der Waals surface area contributed by atoms with Crippen molar-refractivity contribution in [2.75, 3.05) is 20.3 Å². The molecular formula is C18H15F3N2O5. The minimum Gasteiger partial charge on any atom is -0.486 e. The fourth-order valence-corrected chi connectivity index (χ4v) is 2.75. The SMILES string of the molecule is CN(Cc1ccc(C(F)(F)F)cc1)C(=O)c1cc2c(cc1[N+](=O)[O-])OCCO2. The highest BCUT2D eigenvalue weighted by Crippen LogP contribution is 2.37. The summed E-state index contributed by atoms with van der Waals surface area (Å²) in [6.45, 7) is 0.466. The van der Waals surface area contributed by atoms with Gasteiger partial charge in [-0.3, -0.25) is 14.9 Å². The summed E-state index contributed by atoms with van der Waals surface area (Å²) in [5.41, 5.74) is -0.978. The van der Waals surface area contributed by atoms with E-state index in [1.165, 1.54) is 30.1 Å². The molecule has 0 spiro atoms. The summed E-state index contributed by atoms with van der Waals surface area (Å²) in [4.78, 5) is 24.6. The zero-order valence-electron chi connectivity index (χ0n) is 14.7. The molecule has 28 heavy (non-hydrogen) atoms. The van der Waals surface area contributed by atoms with Crippen LogP contribution in [0.4, 0.5) is 18.9 Å². The summed E-state index contributed by atoms with van der Waals surface area (Å²) in [5, 5.41) is 11.4. The first-order valence-electron chi connectivity index (χ1n) is 8.16. The molecule has 0 unspecified atom stereocenters. The van der Waals surface area contributed by atoms with Gasteiger partial charge >= 0.3 is 6.18 Å². The van der Waals surface area contributed by atoms with E-state index < -0.39 is 28.3 Å². The summed E-state index contributed by atoms with van der Waals surface area (Å²) < 4.78 is 48.6. The van der Waals surface area contributed by atoms with Crippen LogP contribution in [0.25, 0.3) is 0 Å². The van der Waals surface area contributed by atoms with Gasteiger partial charge in [-0.25, -0.2) is 0 Å². The maximum absolute atomic E-state index is 12.7. The first kappa shape index (κ1) is 19.5. The van der Waals surface area contributed by atoms with E-state index in [0.717, 1.165) is 18.2 Å². The Kier molecular flexibility index (Phi) is 5.12. The van der Waals surface area contributed by atoms with Crippen LogP contribution in [0, 0.1) is 10.1 Å². The molecule has 0 saturated heterocycles. The van der Waals surface area contributed by atoms with E-state index >= 15 is 0 Å². The first-order chi connectivity index (χ1) is 13.2. The molecule has 1 heterocycles. The smallest absolute Gasteiger partial charge is 0.416 e. The van der Waals surface area contributed by atoms with Gasteiger partial charge in [0.1, 0.15) is 18.8 Å². The third-order valence-corrected chi connectivity index (χ3v) is 4.14. The lowest BCUT2D eigenvalue weighted by atomic mass is 10.1. The summed E-state index contributed by atoms with van der Waals surface area (Å²) in [6, 6.07) is 6.72. The van der Waals surface area contributed by atoms with Crippen LogP contribution >= 0.6 is 0 Å². The molecule has 0 bridgehead atoms. The van der Waals surface area contributed by atoms with Gasteiger partial charge in [0.15, 0.2) is 11.5 Å². The lowest BCUT2D eigenvalue weighted by Crippen LogP contribution is -2.27. The largest absolute Gasteiger partial charge is 0.486 e. The van der Waals surface area contributed by atoms with Crippen molar-refractivity contribution < 1.29 is 32.4 Å². The fraction of sp³-hybridized carbons (Fsp3) is 0.278. The molecule has 1 amide bonds. The Morgan fingerprint density at radius 3 is 2.25 bits per heavy atom. The second kappa shape index (κ2) is 7.37. The highest BCUT2D eigenvalue weighted by Gasteiger charge is 2.30. The molecule has 0 fully saturated rings. The quantitative estimate of drug-likeness (QED) is 0.582. The number of nitro benzene ring substituents is 1. The van der Waals surface area contributed by atoms with Crippen LogP contribution in [0.2, 0.25) is 0 Å². The van der Waals surface area contributed by atoms with E-state index in [0.29, 0.717) is 5.56 Å². The molecular weight excluding hydrogens is 381 g/mol. The number of hydrogen-bond acceptors (Lipinski definition) is 5. The number of benzene rings is 2. The van der Waals surface area contributed by atoms with Gasteiger partial charge in [0.05, 0.1) is 16.6 Å². The molecule has 1 aliphatic rings. The van der Waals surface area contributed by atoms with E-state index in [9.17, 15) is 28.1 Å². The molecule has 3 rings (SSSR count). The molecule has 2 aromatic rings. The van der Waals surface area contributed by atoms with Crippen LogP contribution in [0.5, 0.6) is 11.5 Å². The number of nitro groups is 1. The van der Waals surface area contributed by atoms with Crippen molar-refractivity contribution in [3.63, 3.8) is 0 Å². The Balaban J connectivity index is 1.84.